The number of ether oxygens (including phenoxy) is 1. The van der Waals surface area contributed by atoms with Crippen molar-refractivity contribution in [1.82, 2.24) is 0 Å². The van der Waals surface area contributed by atoms with Gasteiger partial charge in [-0.25, -0.2) is 4.39 Å². The minimum Gasteiger partial charge on any atom is -0.399 e. The molecule has 0 amide bonds. The van der Waals surface area contributed by atoms with Crippen LogP contribution in [0.4, 0.5) is 15.8 Å². The average molecular weight is 236 g/mol. The molecule has 1 aliphatic carbocycles. The Morgan fingerprint density at radius 3 is 3.06 bits per heavy atom. The van der Waals surface area contributed by atoms with E-state index >= 15 is 0 Å². The Hall–Kier alpha value is -1.29. The maximum Gasteiger partial charge on any atom is 0.148 e. The zero-order valence-corrected chi connectivity index (χ0v) is 9.73. The van der Waals surface area contributed by atoms with E-state index in [1.165, 1.54) is 12.5 Å². The quantitative estimate of drug-likeness (QED) is 0.759. The van der Waals surface area contributed by atoms with E-state index in [1.807, 2.05) is 0 Å². The van der Waals surface area contributed by atoms with E-state index in [-0.39, 0.29) is 11.9 Å². The summed E-state index contributed by atoms with van der Waals surface area (Å²) in [5.41, 5.74) is 6.72. The van der Waals surface area contributed by atoms with Crippen molar-refractivity contribution in [2.24, 2.45) is 0 Å². The molecular weight excluding hydrogens is 219 g/mol. The highest BCUT2D eigenvalue weighted by Gasteiger charge is 2.36. The van der Waals surface area contributed by atoms with Crippen LogP contribution in [0.2, 0.25) is 0 Å². The van der Waals surface area contributed by atoms with Gasteiger partial charge in [0, 0.05) is 12.2 Å². The van der Waals surface area contributed by atoms with Gasteiger partial charge in [-0.1, -0.05) is 0 Å². The lowest BCUT2D eigenvalue weighted by Crippen LogP contribution is -2.49. The number of nitrogen functional groups attached to an aromatic ring is 1. The number of halogens is 1. The van der Waals surface area contributed by atoms with Crippen LogP contribution in [0.3, 0.4) is 0 Å². The number of nitrogens with zero attached hydrogens (tertiary/aromatic N) is 1. The molecule has 2 N–H and O–H groups in total. The molecule has 1 heterocycles. The van der Waals surface area contributed by atoms with Gasteiger partial charge in [-0.15, -0.1) is 0 Å². The first-order chi connectivity index (χ1) is 8.25. The van der Waals surface area contributed by atoms with Gasteiger partial charge < -0.3 is 15.4 Å². The van der Waals surface area contributed by atoms with Gasteiger partial charge in [-0.3, -0.25) is 0 Å². The Labute approximate surface area is 100 Å². The zero-order chi connectivity index (χ0) is 11.8. The summed E-state index contributed by atoms with van der Waals surface area (Å²) in [6, 6.07) is 5.28. The maximum absolute atomic E-state index is 13.9. The molecule has 1 saturated carbocycles. The summed E-state index contributed by atoms with van der Waals surface area (Å²) >= 11 is 0. The Balaban J connectivity index is 1.91. The van der Waals surface area contributed by atoms with Gasteiger partial charge >= 0.3 is 0 Å². The van der Waals surface area contributed by atoms with Crippen molar-refractivity contribution < 1.29 is 9.13 Å². The van der Waals surface area contributed by atoms with E-state index in [2.05, 4.69) is 4.90 Å². The smallest absolute Gasteiger partial charge is 0.148 e. The molecule has 2 fully saturated rings. The van der Waals surface area contributed by atoms with E-state index < -0.39 is 0 Å². The van der Waals surface area contributed by atoms with Gasteiger partial charge in [0.2, 0.25) is 0 Å². The Morgan fingerprint density at radius 2 is 2.24 bits per heavy atom. The predicted molar refractivity (Wildman–Crippen MR) is 65.5 cm³/mol. The lowest BCUT2D eigenvalue weighted by atomic mass is 10.1. The molecule has 1 aromatic rings. The lowest BCUT2D eigenvalue weighted by molar-refractivity contribution is 0.0254. The van der Waals surface area contributed by atoms with Crippen molar-refractivity contribution in [2.75, 3.05) is 23.8 Å². The normalized spacial score (nSPS) is 28.2. The third-order valence-corrected chi connectivity index (χ3v) is 3.76. The van der Waals surface area contributed by atoms with Crippen molar-refractivity contribution in [1.29, 1.82) is 0 Å². The van der Waals surface area contributed by atoms with Crippen LogP contribution >= 0.6 is 0 Å². The molecule has 2 atom stereocenters. The number of hydrogen-bond acceptors (Lipinski definition) is 3. The highest BCUT2D eigenvalue weighted by molar-refractivity contribution is 5.55. The molecule has 1 saturated heterocycles. The number of anilines is 2. The van der Waals surface area contributed by atoms with Gasteiger partial charge in [-0.05, 0) is 37.5 Å². The highest BCUT2D eigenvalue weighted by Crippen LogP contribution is 2.34. The van der Waals surface area contributed by atoms with Gasteiger partial charge in [0.05, 0.1) is 24.4 Å². The maximum atomic E-state index is 13.9. The average Bonchev–Trinajstić information content (AvgIpc) is 2.77. The first kappa shape index (κ1) is 10.8. The number of morpholine rings is 1. The predicted octanol–water partition coefficient (Wildman–Crippen LogP) is 2.17. The van der Waals surface area contributed by atoms with Gasteiger partial charge in [-0.2, -0.15) is 0 Å². The minimum atomic E-state index is -0.224. The fourth-order valence-corrected chi connectivity index (χ4v) is 2.98. The third-order valence-electron chi connectivity index (χ3n) is 3.76. The molecule has 92 valence electrons. The fraction of sp³-hybridized carbons (Fsp3) is 0.538. The topological polar surface area (TPSA) is 38.5 Å². The first-order valence-corrected chi connectivity index (χ1v) is 6.19. The van der Waals surface area contributed by atoms with Crippen LogP contribution in [0.15, 0.2) is 18.2 Å². The summed E-state index contributed by atoms with van der Waals surface area (Å²) in [5.74, 6) is -0.224. The van der Waals surface area contributed by atoms with Crippen LogP contribution in [0.5, 0.6) is 0 Å². The molecule has 0 spiro atoms. The molecule has 3 nitrogen and oxygen atoms in total. The largest absolute Gasteiger partial charge is 0.399 e. The molecule has 4 heteroatoms. The summed E-state index contributed by atoms with van der Waals surface area (Å²) in [6.07, 6.45) is 3.63. The highest BCUT2D eigenvalue weighted by atomic mass is 19.1. The Kier molecular flexibility index (Phi) is 2.67. The van der Waals surface area contributed by atoms with E-state index in [1.54, 1.807) is 12.1 Å². The summed E-state index contributed by atoms with van der Waals surface area (Å²) in [6.45, 7) is 1.45. The van der Waals surface area contributed by atoms with Gasteiger partial charge in [0.25, 0.3) is 0 Å². The fourth-order valence-electron chi connectivity index (χ4n) is 2.98. The van der Waals surface area contributed by atoms with E-state index in [9.17, 15) is 4.39 Å². The van der Waals surface area contributed by atoms with Gasteiger partial charge in [0.15, 0.2) is 0 Å². The number of hydrogen-bond donors (Lipinski definition) is 1. The SMILES string of the molecule is Nc1ccc(N2CCOC3CCCC32)c(F)c1. The molecule has 3 rings (SSSR count). The van der Waals surface area contributed by atoms with Crippen LogP contribution in [0.1, 0.15) is 19.3 Å². The number of nitrogens with two attached hydrogens (primary N) is 1. The van der Waals surface area contributed by atoms with Crippen LogP contribution in [0.25, 0.3) is 0 Å². The molecule has 17 heavy (non-hydrogen) atoms. The van der Waals surface area contributed by atoms with Crippen molar-refractivity contribution in [3.63, 3.8) is 0 Å². The molecular formula is C13H17FN2O. The molecule has 1 aliphatic heterocycles. The van der Waals surface area contributed by atoms with Crippen LogP contribution < -0.4 is 10.6 Å². The third kappa shape index (κ3) is 1.86. The molecule has 2 unspecified atom stereocenters. The van der Waals surface area contributed by atoms with E-state index in [0.29, 0.717) is 24.0 Å². The van der Waals surface area contributed by atoms with Gasteiger partial charge in [0.1, 0.15) is 5.82 Å². The molecule has 0 bridgehead atoms. The van der Waals surface area contributed by atoms with Crippen LogP contribution in [0, 0.1) is 5.82 Å². The summed E-state index contributed by atoms with van der Waals surface area (Å²) in [4.78, 5) is 2.15. The van der Waals surface area contributed by atoms with E-state index in [0.717, 1.165) is 19.4 Å². The second kappa shape index (κ2) is 4.18. The number of fused-ring (bicyclic) bond motifs is 1. The number of benzene rings is 1. The molecule has 0 aromatic heterocycles. The summed E-state index contributed by atoms with van der Waals surface area (Å²) in [5, 5.41) is 0. The Morgan fingerprint density at radius 1 is 1.35 bits per heavy atom. The second-order valence-electron chi connectivity index (χ2n) is 4.81. The standard InChI is InChI=1S/C13H17FN2O/c14-10-8-9(15)4-5-11(10)16-6-7-17-13-3-1-2-12(13)16/h4-5,8,12-13H,1-3,6-7,15H2. The van der Waals surface area contributed by atoms with Crippen LogP contribution in [-0.4, -0.2) is 25.3 Å². The van der Waals surface area contributed by atoms with Crippen molar-refractivity contribution >= 4 is 11.4 Å². The van der Waals surface area contributed by atoms with Crippen LogP contribution in [-0.2, 0) is 4.74 Å². The minimum absolute atomic E-state index is 0.224. The molecule has 0 radical (unpaired) electrons. The second-order valence-corrected chi connectivity index (χ2v) is 4.81. The van der Waals surface area contributed by atoms with Crippen molar-refractivity contribution in [2.45, 2.75) is 31.4 Å². The lowest BCUT2D eigenvalue weighted by Gasteiger charge is -2.39. The monoisotopic (exact) mass is 236 g/mol. The number of rotatable bonds is 1. The Bertz CT molecular complexity index is 424. The first-order valence-electron chi connectivity index (χ1n) is 6.19. The zero-order valence-electron chi connectivity index (χ0n) is 9.73. The molecule has 2 aliphatic rings. The summed E-state index contributed by atoms with van der Waals surface area (Å²) < 4.78 is 19.7. The van der Waals surface area contributed by atoms with E-state index in [4.69, 9.17) is 10.5 Å². The summed E-state index contributed by atoms with van der Waals surface area (Å²) in [7, 11) is 0. The molecule has 1 aromatic carbocycles. The van der Waals surface area contributed by atoms with Crippen molar-refractivity contribution in [3.8, 4) is 0 Å². The van der Waals surface area contributed by atoms with Crippen molar-refractivity contribution in [3.05, 3.63) is 24.0 Å².